The van der Waals surface area contributed by atoms with Crippen LogP contribution in [-0.4, -0.2) is 43.5 Å². The van der Waals surface area contributed by atoms with E-state index in [4.69, 9.17) is 16.3 Å². The highest BCUT2D eigenvalue weighted by Gasteiger charge is 2.21. The molecule has 0 aliphatic heterocycles. The van der Waals surface area contributed by atoms with E-state index in [1.165, 1.54) is 7.11 Å². The third-order valence-electron chi connectivity index (χ3n) is 4.92. The zero-order valence-corrected chi connectivity index (χ0v) is 17.9. The van der Waals surface area contributed by atoms with Crippen LogP contribution in [0, 0.1) is 0 Å². The van der Waals surface area contributed by atoms with Gasteiger partial charge in [-0.3, -0.25) is 14.5 Å². The van der Waals surface area contributed by atoms with E-state index in [1.807, 2.05) is 42.5 Å². The van der Waals surface area contributed by atoms with Crippen LogP contribution < -0.4 is 15.4 Å². The number of likely N-dealkylation sites (N-methyl/N-ethyl adjacent to an activating group) is 1. The number of nitrogens with zero attached hydrogens (tertiary/aromatic N) is 1. The second kappa shape index (κ2) is 9.61. The first-order valence-corrected chi connectivity index (χ1v) is 9.89. The number of hydrogen-bond donors (Lipinski definition) is 2. The number of halogens is 1. The van der Waals surface area contributed by atoms with Crippen molar-refractivity contribution in [1.82, 2.24) is 4.90 Å². The largest absolute Gasteiger partial charge is 0.495 e. The molecule has 0 radical (unpaired) electrons. The maximum Gasteiger partial charge on any atom is 0.241 e. The van der Waals surface area contributed by atoms with Crippen LogP contribution in [0.5, 0.6) is 5.75 Å². The highest BCUT2D eigenvalue weighted by atomic mass is 35.5. The molecule has 0 aliphatic rings. The molecule has 3 rings (SSSR count). The van der Waals surface area contributed by atoms with Crippen molar-refractivity contribution in [3.8, 4) is 5.75 Å². The molecule has 156 valence electrons. The fourth-order valence-corrected chi connectivity index (χ4v) is 3.27. The standard InChI is InChI=1S/C23H24ClN3O3/c1-15(23(29)26-20-13-17(24)11-12-21(20)30-3)27(2)14-22(28)25-19-10-6-8-16-7-4-5-9-18(16)19/h4-13,15H,14H2,1-3H3,(H,25,28)(H,26,29). The SMILES string of the molecule is COc1ccc(Cl)cc1NC(=O)C(C)N(C)CC(=O)Nc1cccc2ccccc12. The van der Waals surface area contributed by atoms with Gasteiger partial charge in [0.05, 0.1) is 25.4 Å². The van der Waals surface area contributed by atoms with Crippen LogP contribution in [0.1, 0.15) is 6.92 Å². The van der Waals surface area contributed by atoms with E-state index < -0.39 is 6.04 Å². The zero-order valence-electron chi connectivity index (χ0n) is 17.1. The summed E-state index contributed by atoms with van der Waals surface area (Å²) in [6.45, 7) is 1.79. The molecule has 0 aromatic heterocycles. The third-order valence-corrected chi connectivity index (χ3v) is 5.15. The molecular formula is C23H24ClN3O3. The highest BCUT2D eigenvalue weighted by Crippen LogP contribution is 2.28. The highest BCUT2D eigenvalue weighted by molar-refractivity contribution is 6.31. The number of methoxy groups -OCH3 is 1. The second-order valence-corrected chi connectivity index (χ2v) is 7.44. The van der Waals surface area contributed by atoms with Crippen molar-refractivity contribution < 1.29 is 14.3 Å². The van der Waals surface area contributed by atoms with Gasteiger partial charge >= 0.3 is 0 Å². The van der Waals surface area contributed by atoms with Crippen molar-refractivity contribution in [3.05, 3.63) is 65.7 Å². The monoisotopic (exact) mass is 425 g/mol. The summed E-state index contributed by atoms with van der Waals surface area (Å²) >= 11 is 6.02. The minimum atomic E-state index is -0.549. The molecule has 2 amide bonds. The minimum absolute atomic E-state index is 0.0600. The van der Waals surface area contributed by atoms with Crippen LogP contribution in [0.3, 0.4) is 0 Å². The van der Waals surface area contributed by atoms with Gasteiger partial charge in [-0.1, -0.05) is 48.0 Å². The van der Waals surface area contributed by atoms with Crippen molar-refractivity contribution in [1.29, 1.82) is 0 Å². The van der Waals surface area contributed by atoms with E-state index >= 15 is 0 Å². The summed E-state index contributed by atoms with van der Waals surface area (Å²) in [5.74, 6) is 0.0427. The number of ether oxygens (including phenoxy) is 1. The molecule has 0 bridgehead atoms. The molecule has 0 spiro atoms. The molecule has 0 saturated heterocycles. The van der Waals surface area contributed by atoms with Crippen LogP contribution in [0.4, 0.5) is 11.4 Å². The van der Waals surface area contributed by atoms with Crippen molar-refractivity contribution in [3.63, 3.8) is 0 Å². The van der Waals surface area contributed by atoms with Crippen LogP contribution in [0.25, 0.3) is 10.8 Å². The van der Waals surface area contributed by atoms with Crippen LogP contribution in [-0.2, 0) is 9.59 Å². The number of rotatable bonds is 7. The minimum Gasteiger partial charge on any atom is -0.495 e. The summed E-state index contributed by atoms with van der Waals surface area (Å²) in [6.07, 6.45) is 0. The number of carbonyl (C=O) groups excluding carboxylic acids is 2. The summed E-state index contributed by atoms with van der Waals surface area (Å²) in [5, 5.41) is 8.25. The molecule has 0 aliphatic carbocycles. The first kappa shape index (κ1) is 21.6. The smallest absolute Gasteiger partial charge is 0.241 e. The maximum absolute atomic E-state index is 12.7. The Hall–Kier alpha value is -3.09. The molecule has 6 nitrogen and oxygen atoms in total. The van der Waals surface area contributed by atoms with E-state index in [0.717, 1.165) is 16.5 Å². The summed E-state index contributed by atoms with van der Waals surface area (Å²) < 4.78 is 5.26. The maximum atomic E-state index is 12.7. The fraction of sp³-hybridized carbons (Fsp3) is 0.217. The average Bonchev–Trinajstić information content (AvgIpc) is 2.73. The molecule has 7 heteroatoms. The van der Waals surface area contributed by atoms with Crippen LogP contribution in [0.15, 0.2) is 60.7 Å². The van der Waals surface area contributed by atoms with Gasteiger partial charge in [-0.2, -0.15) is 0 Å². The number of hydrogen-bond acceptors (Lipinski definition) is 4. The molecule has 0 heterocycles. The predicted octanol–water partition coefficient (Wildman–Crippen LogP) is 4.40. The lowest BCUT2D eigenvalue weighted by atomic mass is 10.1. The molecule has 1 unspecified atom stereocenters. The third kappa shape index (κ3) is 5.09. The Balaban J connectivity index is 1.63. The fourth-order valence-electron chi connectivity index (χ4n) is 3.10. The molecule has 2 N–H and O–H groups in total. The van der Waals surface area contributed by atoms with Crippen molar-refractivity contribution >= 4 is 45.6 Å². The van der Waals surface area contributed by atoms with Crippen molar-refractivity contribution in [2.24, 2.45) is 0 Å². The summed E-state index contributed by atoms with van der Waals surface area (Å²) in [5.41, 5.74) is 1.22. The number of carbonyl (C=O) groups is 2. The lowest BCUT2D eigenvalue weighted by molar-refractivity contribution is -0.122. The number of anilines is 2. The van der Waals surface area contributed by atoms with E-state index in [0.29, 0.717) is 16.5 Å². The van der Waals surface area contributed by atoms with Gasteiger partial charge in [0, 0.05) is 16.1 Å². The van der Waals surface area contributed by atoms with E-state index in [2.05, 4.69) is 10.6 Å². The Labute approximate surface area is 180 Å². The Morgan fingerprint density at radius 1 is 1.03 bits per heavy atom. The quantitative estimate of drug-likeness (QED) is 0.588. The molecule has 0 saturated carbocycles. The summed E-state index contributed by atoms with van der Waals surface area (Å²) in [7, 11) is 3.24. The van der Waals surface area contributed by atoms with Crippen molar-refractivity contribution in [2.75, 3.05) is 31.3 Å². The van der Waals surface area contributed by atoms with E-state index in [-0.39, 0.29) is 18.4 Å². The van der Waals surface area contributed by atoms with Gasteiger partial charge < -0.3 is 15.4 Å². The van der Waals surface area contributed by atoms with E-state index in [9.17, 15) is 9.59 Å². The topological polar surface area (TPSA) is 70.7 Å². The Kier molecular flexibility index (Phi) is 6.92. The van der Waals surface area contributed by atoms with Crippen LogP contribution >= 0.6 is 11.6 Å². The van der Waals surface area contributed by atoms with Gasteiger partial charge in [0.2, 0.25) is 11.8 Å². The van der Waals surface area contributed by atoms with Crippen molar-refractivity contribution in [2.45, 2.75) is 13.0 Å². The Bertz CT molecular complexity index is 1070. The lowest BCUT2D eigenvalue weighted by Gasteiger charge is -2.24. The first-order valence-electron chi connectivity index (χ1n) is 9.51. The number of amides is 2. The normalized spacial score (nSPS) is 11.9. The zero-order chi connectivity index (χ0) is 21.7. The molecule has 0 fully saturated rings. The van der Waals surface area contributed by atoms with E-state index in [1.54, 1.807) is 37.1 Å². The molecule has 3 aromatic carbocycles. The van der Waals surface area contributed by atoms with Gasteiger partial charge in [-0.25, -0.2) is 0 Å². The predicted molar refractivity (Wildman–Crippen MR) is 121 cm³/mol. The van der Waals surface area contributed by atoms with Gasteiger partial charge in [0.15, 0.2) is 0 Å². The first-order chi connectivity index (χ1) is 14.4. The van der Waals surface area contributed by atoms with Crippen LogP contribution in [0.2, 0.25) is 5.02 Å². The lowest BCUT2D eigenvalue weighted by Crippen LogP contribution is -2.43. The molecule has 30 heavy (non-hydrogen) atoms. The molecule has 1 atom stereocenters. The van der Waals surface area contributed by atoms with Gasteiger partial charge in [0.1, 0.15) is 5.75 Å². The second-order valence-electron chi connectivity index (χ2n) is 7.00. The number of benzene rings is 3. The summed E-state index contributed by atoms with van der Waals surface area (Å²) in [4.78, 5) is 26.9. The Morgan fingerprint density at radius 2 is 1.77 bits per heavy atom. The Morgan fingerprint density at radius 3 is 2.53 bits per heavy atom. The van der Waals surface area contributed by atoms with Gasteiger partial charge in [0.25, 0.3) is 0 Å². The molecular weight excluding hydrogens is 402 g/mol. The van der Waals surface area contributed by atoms with Gasteiger partial charge in [-0.15, -0.1) is 0 Å². The van der Waals surface area contributed by atoms with Gasteiger partial charge in [-0.05, 0) is 43.6 Å². The number of fused-ring (bicyclic) bond motifs is 1. The average molecular weight is 426 g/mol. The number of nitrogens with one attached hydrogen (secondary N) is 2. The summed E-state index contributed by atoms with van der Waals surface area (Å²) in [6, 6.07) is 18.0. The molecule has 3 aromatic rings.